The monoisotopic (exact) mass is 293 g/mol. The summed E-state index contributed by atoms with van der Waals surface area (Å²) < 4.78 is 6.22. The number of ether oxygens (including phenoxy) is 1. The van der Waals surface area contributed by atoms with Gasteiger partial charge in [0.2, 0.25) is 0 Å². The van der Waals surface area contributed by atoms with Gasteiger partial charge >= 0.3 is 0 Å². The second kappa shape index (κ2) is 5.85. The average molecular weight is 293 g/mol. The van der Waals surface area contributed by atoms with E-state index in [2.05, 4.69) is 33.0 Å². The zero-order valence-corrected chi connectivity index (χ0v) is 14.6. The first-order valence-corrected chi connectivity index (χ1v) is 9.27. The van der Waals surface area contributed by atoms with Gasteiger partial charge in [0, 0.05) is 6.04 Å². The van der Waals surface area contributed by atoms with Crippen molar-refractivity contribution in [1.82, 2.24) is 5.32 Å². The van der Waals surface area contributed by atoms with Crippen molar-refractivity contribution in [3.05, 3.63) is 0 Å². The van der Waals surface area contributed by atoms with E-state index in [0.29, 0.717) is 11.5 Å². The summed E-state index contributed by atoms with van der Waals surface area (Å²) in [5, 5.41) is 3.87. The summed E-state index contributed by atoms with van der Waals surface area (Å²) in [6, 6.07) is 0.574. The normalized spacial score (nSPS) is 39.7. The maximum absolute atomic E-state index is 6.22. The van der Waals surface area contributed by atoms with Crippen molar-refractivity contribution >= 4 is 0 Å². The van der Waals surface area contributed by atoms with Crippen LogP contribution < -0.4 is 5.32 Å². The fourth-order valence-electron chi connectivity index (χ4n) is 5.71. The Kier molecular flexibility index (Phi) is 4.40. The third-order valence-electron chi connectivity index (χ3n) is 6.15. The van der Waals surface area contributed by atoms with Gasteiger partial charge in [-0.2, -0.15) is 0 Å². The van der Waals surface area contributed by atoms with Crippen LogP contribution >= 0.6 is 0 Å². The first-order chi connectivity index (χ1) is 9.90. The van der Waals surface area contributed by atoms with Gasteiger partial charge in [0.1, 0.15) is 0 Å². The maximum Gasteiger partial charge on any atom is 0.0632 e. The molecule has 4 bridgehead atoms. The van der Waals surface area contributed by atoms with Crippen molar-refractivity contribution in [2.75, 3.05) is 13.2 Å². The molecule has 1 N–H and O–H groups in total. The highest BCUT2D eigenvalue weighted by Crippen LogP contribution is 2.61. The van der Waals surface area contributed by atoms with Gasteiger partial charge in [-0.15, -0.1) is 0 Å². The van der Waals surface area contributed by atoms with Gasteiger partial charge in [0.15, 0.2) is 0 Å². The Hall–Kier alpha value is -0.0800. The molecule has 0 heterocycles. The van der Waals surface area contributed by atoms with Crippen LogP contribution in [0, 0.1) is 23.2 Å². The summed E-state index contributed by atoms with van der Waals surface area (Å²) in [6.45, 7) is 10.9. The predicted octanol–water partition coefficient (Wildman–Crippen LogP) is 4.39. The Morgan fingerprint density at radius 3 is 2.00 bits per heavy atom. The zero-order chi connectivity index (χ0) is 15.1. The van der Waals surface area contributed by atoms with E-state index in [9.17, 15) is 0 Å². The minimum absolute atomic E-state index is 0.0194. The molecule has 1 unspecified atom stereocenters. The molecule has 0 saturated heterocycles. The van der Waals surface area contributed by atoms with Gasteiger partial charge in [-0.3, -0.25) is 0 Å². The standard InChI is InChI=1S/C19H35NO/c1-5-6-20-17(13-21-18(2,3)4)19-10-14-7-15(11-19)9-16(8-14)12-19/h14-17,20H,5-13H2,1-4H3. The van der Waals surface area contributed by atoms with Crippen molar-refractivity contribution in [2.45, 2.75) is 84.3 Å². The molecule has 0 amide bonds. The molecule has 2 nitrogen and oxygen atoms in total. The van der Waals surface area contributed by atoms with Crippen LogP contribution in [0.5, 0.6) is 0 Å². The van der Waals surface area contributed by atoms with Crippen molar-refractivity contribution in [2.24, 2.45) is 23.2 Å². The Bertz CT molecular complexity index is 322. The molecular weight excluding hydrogens is 258 g/mol. The first-order valence-electron chi connectivity index (χ1n) is 9.27. The van der Waals surface area contributed by atoms with Gasteiger partial charge in [0.25, 0.3) is 0 Å². The van der Waals surface area contributed by atoms with E-state index in [4.69, 9.17) is 4.74 Å². The highest BCUT2D eigenvalue weighted by Gasteiger charge is 2.54. The number of nitrogens with one attached hydrogen (secondary N) is 1. The quantitative estimate of drug-likeness (QED) is 0.784. The third-order valence-corrected chi connectivity index (χ3v) is 6.15. The van der Waals surface area contributed by atoms with Crippen LogP contribution in [0.4, 0.5) is 0 Å². The molecule has 122 valence electrons. The Morgan fingerprint density at radius 2 is 1.57 bits per heavy atom. The minimum atomic E-state index is -0.0194. The molecule has 0 radical (unpaired) electrons. The predicted molar refractivity (Wildman–Crippen MR) is 88.4 cm³/mol. The van der Waals surface area contributed by atoms with Gasteiger partial charge in [-0.05, 0) is 95.4 Å². The van der Waals surface area contributed by atoms with Crippen LogP contribution in [0.1, 0.15) is 72.6 Å². The van der Waals surface area contributed by atoms with Gasteiger partial charge in [0.05, 0.1) is 12.2 Å². The summed E-state index contributed by atoms with van der Waals surface area (Å²) in [7, 11) is 0. The van der Waals surface area contributed by atoms with Crippen molar-refractivity contribution < 1.29 is 4.74 Å². The third kappa shape index (κ3) is 3.47. The Balaban J connectivity index is 1.72. The largest absolute Gasteiger partial charge is 0.374 e. The number of hydrogen-bond donors (Lipinski definition) is 1. The lowest BCUT2D eigenvalue weighted by Crippen LogP contribution is -2.58. The van der Waals surface area contributed by atoms with E-state index in [1.807, 2.05) is 0 Å². The molecule has 0 spiro atoms. The van der Waals surface area contributed by atoms with E-state index in [1.165, 1.54) is 44.9 Å². The lowest BCUT2D eigenvalue weighted by atomic mass is 9.47. The number of rotatable bonds is 6. The van der Waals surface area contributed by atoms with E-state index in [0.717, 1.165) is 30.9 Å². The SMILES string of the molecule is CCCNC(COC(C)(C)C)C12CC3CC(CC(C3)C1)C2. The molecule has 4 rings (SSSR count). The van der Waals surface area contributed by atoms with Crippen molar-refractivity contribution in [3.8, 4) is 0 Å². The molecule has 4 aliphatic carbocycles. The first kappa shape index (κ1) is 15.8. The molecular formula is C19H35NO. The van der Waals surface area contributed by atoms with E-state index in [1.54, 1.807) is 0 Å². The highest BCUT2D eigenvalue weighted by molar-refractivity contribution is 5.06. The maximum atomic E-state index is 6.22. The molecule has 0 aromatic heterocycles. The van der Waals surface area contributed by atoms with Crippen LogP contribution in [-0.2, 0) is 4.74 Å². The van der Waals surface area contributed by atoms with Crippen LogP contribution in [0.15, 0.2) is 0 Å². The number of hydrogen-bond acceptors (Lipinski definition) is 2. The van der Waals surface area contributed by atoms with Gasteiger partial charge in [-0.25, -0.2) is 0 Å². The molecule has 1 atom stereocenters. The van der Waals surface area contributed by atoms with Crippen LogP contribution in [0.2, 0.25) is 0 Å². The Labute approximate surface area is 131 Å². The van der Waals surface area contributed by atoms with Crippen molar-refractivity contribution in [3.63, 3.8) is 0 Å². The second-order valence-corrected chi connectivity index (χ2v) is 9.21. The minimum Gasteiger partial charge on any atom is -0.374 e. The molecule has 4 fully saturated rings. The summed E-state index contributed by atoms with van der Waals surface area (Å²) >= 11 is 0. The topological polar surface area (TPSA) is 21.3 Å². The summed E-state index contributed by atoms with van der Waals surface area (Å²) in [6.07, 6.45) is 10.2. The fourth-order valence-corrected chi connectivity index (χ4v) is 5.71. The molecule has 4 saturated carbocycles. The smallest absolute Gasteiger partial charge is 0.0632 e. The molecule has 0 aromatic rings. The highest BCUT2D eigenvalue weighted by atomic mass is 16.5. The zero-order valence-electron chi connectivity index (χ0n) is 14.6. The summed E-state index contributed by atoms with van der Waals surface area (Å²) in [5.41, 5.74) is 0.531. The summed E-state index contributed by atoms with van der Waals surface area (Å²) in [4.78, 5) is 0. The fraction of sp³-hybridized carbons (Fsp3) is 1.00. The molecule has 4 aliphatic rings. The van der Waals surface area contributed by atoms with Crippen LogP contribution in [0.3, 0.4) is 0 Å². The van der Waals surface area contributed by atoms with Crippen molar-refractivity contribution in [1.29, 1.82) is 0 Å². The van der Waals surface area contributed by atoms with Crippen LogP contribution in [-0.4, -0.2) is 24.8 Å². The molecule has 0 aliphatic heterocycles. The van der Waals surface area contributed by atoms with Gasteiger partial charge in [-0.1, -0.05) is 6.92 Å². The Morgan fingerprint density at radius 1 is 1.05 bits per heavy atom. The lowest BCUT2D eigenvalue weighted by molar-refractivity contribution is -0.105. The van der Waals surface area contributed by atoms with E-state index in [-0.39, 0.29) is 5.60 Å². The molecule has 0 aromatic carbocycles. The van der Waals surface area contributed by atoms with E-state index < -0.39 is 0 Å². The van der Waals surface area contributed by atoms with Gasteiger partial charge < -0.3 is 10.1 Å². The lowest BCUT2D eigenvalue weighted by Gasteiger charge is -2.59. The van der Waals surface area contributed by atoms with Crippen LogP contribution in [0.25, 0.3) is 0 Å². The molecule has 2 heteroatoms. The van der Waals surface area contributed by atoms with E-state index >= 15 is 0 Å². The second-order valence-electron chi connectivity index (χ2n) is 9.21. The summed E-state index contributed by atoms with van der Waals surface area (Å²) in [5.74, 6) is 3.07. The average Bonchev–Trinajstić information content (AvgIpc) is 2.35. The molecule has 21 heavy (non-hydrogen) atoms.